The van der Waals surface area contributed by atoms with Gasteiger partial charge in [-0.1, -0.05) is 6.07 Å². The molecule has 3 aromatic rings. The predicted octanol–water partition coefficient (Wildman–Crippen LogP) is 2.81. The highest BCUT2D eigenvalue weighted by atomic mass is 32.2. The van der Waals surface area contributed by atoms with E-state index in [1.807, 2.05) is 6.07 Å². The van der Waals surface area contributed by atoms with Crippen LogP contribution in [-0.2, 0) is 10.0 Å². The molecule has 0 amide bonds. The van der Waals surface area contributed by atoms with Crippen LogP contribution in [0.5, 0.6) is 0 Å². The SMILES string of the molecule is CN(CCNc1cc(C#N)c2cc([N+](=O)[O-])ccc2n1)S(=O)(=O)c1cccs1. The van der Waals surface area contributed by atoms with Gasteiger partial charge in [-0.3, -0.25) is 10.1 Å². The maximum Gasteiger partial charge on any atom is 0.270 e. The van der Waals surface area contributed by atoms with E-state index in [0.29, 0.717) is 16.7 Å². The Morgan fingerprint density at radius 3 is 2.79 bits per heavy atom. The summed E-state index contributed by atoms with van der Waals surface area (Å²) in [6.45, 7) is 0.472. The first-order valence-electron chi connectivity index (χ1n) is 8.06. The number of sulfonamides is 1. The second-order valence-electron chi connectivity index (χ2n) is 5.81. The van der Waals surface area contributed by atoms with Crippen LogP contribution in [0, 0.1) is 21.4 Å². The second kappa shape index (κ2) is 7.89. The fourth-order valence-electron chi connectivity index (χ4n) is 2.54. The van der Waals surface area contributed by atoms with Crippen LogP contribution < -0.4 is 5.32 Å². The monoisotopic (exact) mass is 417 g/mol. The third-order valence-electron chi connectivity index (χ3n) is 4.02. The number of nitriles is 1. The van der Waals surface area contributed by atoms with Crippen molar-refractivity contribution in [2.45, 2.75) is 4.21 Å². The average molecular weight is 417 g/mol. The van der Waals surface area contributed by atoms with Crippen LogP contribution in [0.2, 0.25) is 0 Å². The second-order valence-corrected chi connectivity index (χ2v) is 9.03. The lowest BCUT2D eigenvalue weighted by Crippen LogP contribution is -2.31. The molecule has 2 aromatic heterocycles. The van der Waals surface area contributed by atoms with Gasteiger partial charge in [0.25, 0.3) is 15.7 Å². The molecular formula is C17H15N5O4S2. The number of hydrogen-bond acceptors (Lipinski definition) is 8. The Bertz CT molecular complexity index is 1170. The number of fused-ring (bicyclic) bond motifs is 1. The van der Waals surface area contributed by atoms with Gasteiger partial charge in [-0.25, -0.2) is 13.4 Å². The van der Waals surface area contributed by atoms with Crippen LogP contribution in [0.4, 0.5) is 11.5 Å². The zero-order valence-electron chi connectivity index (χ0n) is 14.7. The minimum atomic E-state index is -3.54. The van der Waals surface area contributed by atoms with Crippen molar-refractivity contribution in [2.75, 3.05) is 25.5 Å². The van der Waals surface area contributed by atoms with Gasteiger partial charge < -0.3 is 5.32 Å². The molecule has 28 heavy (non-hydrogen) atoms. The highest BCUT2D eigenvalue weighted by Gasteiger charge is 2.21. The summed E-state index contributed by atoms with van der Waals surface area (Å²) in [6, 6.07) is 10.8. The van der Waals surface area contributed by atoms with Crippen molar-refractivity contribution in [3.63, 3.8) is 0 Å². The highest BCUT2D eigenvalue weighted by molar-refractivity contribution is 7.91. The molecule has 0 bridgehead atoms. The van der Waals surface area contributed by atoms with Gasteiger partial charge in [-0.05, 0) is 23.6 Å². The van der Waals surface area contributed by atoms with Crippen molar-refractivity contribution in [3.8, 4) is 6.07 Å². The van der Waals surface area contributed by atoms with Gasteiger partial charge in [0.15, 0.2) is 0 Å². The van der Waals surface area contributed by atoms with Crippen LogP contribution in [0.15, 0.2) is 46.0 Å². The smallest absolute Gasteiger partial charge is 0.270 e. The summed E-state index contributed by atoms with van der Waals surface area (Å²) in [5.74, 6) is 0.389. The minimum absolute atomic E-state index is 0.119. The number of nitro benzene ring substituents is 1. The number of hydrogen-bond donors (Lipinski definition) is 1. The zero-order chi connectivity index (χ0) is 20.3. The van der Waals surface area contributed by atoms with E-state index in [9.17, 15) is 23.8 Å². The van der Waals surface area contributed by atoms with E-state index in [2.05, 4.69) is 10.3 Å². The van der Waals surface area contributed by atoms with Crippen molar-refractivity contribution in [2.24, 2.45) is 0 Å². The first kappa shape index (κ1) is 19.7. The maximum atomic E-state index is 12.4. The number of non-ortho nitro benzene ring substituents is 1. The Balaban J connectivity index is 1.75. The number of rotatable bonds is 7. The molecule has 0 atom stereocenters. The molecule has 11 heteroatoms. The average Bonchev–Trinajstić information content (AvgIpc) is 3.22. The molecule has 3 rings (SSSR count). The number of nitrogens with zero attached hydrogens (tertiary/aromatic N) is 4. The topological polar surface area (TPSA) is 129 Å². The van der Waals surface area contributed by atoms with E-state index in [1.54, 1.807) is 17.5 Å². The van der Waals surface area contributed by atoms with E-state index in [-0.39, 0.29) is 28.5 Å². The molecule has 1 aromatic carbocycles. The first-order chi connectivity index (χ1) is 13.3. The number of pyridine rings is 1. The summed E-state index contributed by atoms with van der Waals surface area (Å²) < 4.78 is 26.3. The first-order valence-corrected chi connectivity index (χ1v) is 10.4. The third kappa shape index (κ3) is 3.94. The molecule has 9 nitrogen and oxygen atoms in total. The number of likely N-dealkylation sites (N-methyl/N-ethyl adjacent to an activating group) is 1. The van der Waals surface area contributed by atoms with Gasteiger partial charge in [0, 0.05) is 37.7 Å². The van der Waals surface area contributed by atoms with Gasteiger partial charge in [0.05, 0.1) is 22.1 Å². The third-order valence-corrected chi connectivity index (χ3v) is 7.25. The minimum Gasteiger partial charge on any atom is -0.369 e. The van der Waals surface area contributed by atoms with Crippen molar-refractivity contribution >= 4 is 43.8 Å². The van der Waals surface area contributed by atoms with Crippen molar-refractivity contribution in [3.05, 3.63) is 57.5 Å². The molecule has 0 saturated carbocycles. The van der Waals surface area contributed by atoms with Crippen molar-refractivity contribution in [1.29, 1.82) is 5.26 Å². The molecule has 144 valence electrons. The van der Waals surface area contributed by atoms with Crippen molar-refractivity contribution < 1.29 is 13.3 Å². The molecule has 0 radical (unpaired) electrons. The van der Waals surface area contributed by atoms with E-state index in [0.717, 1.165) is 11.3 Å². The Kier molecular flexibility index (Phi) is 5.55. The summed E-state index contributed by atoms with van der Waals surface area (Å²) in [5, 5.41) is 25.4. The zero-order valence-corrected chi connectivity index (χ0v) is 16.3. The van der Waals surface area contributed by atoms with Crippen LogP contribution in [0.3, 0.4) is 0 Å². The molecule has 0 fully saturated rings. The van der Waals surface area contributed by atoms with Crippen LogP contribution in [0.25, 0.3) is 10.9 Å². The van der Waals surface area contributed by atoms with E-state index in [1.165, 1.54) is 35.6 Å². The lowest BCUT2D eigenvalue weighted by molar-refractivity contribution is -0.384. The fourth-order valence-corrected chi connectivity index (χ4v) is 4.91. The Hall–Kier alpha value is -3.07. The summed E-state index contributed by atoms with van der Waals surface area (Å²) in [5.41, 5.74) is 0.564. The molecule has 1 N–H and O–H groups in total. The number of nitrogens with one attached hydrogen (secondary N) is 1. The molecule has 0 unspecified atom stereocenters. The largest absolute Gasteiger partial charge is 0.369 e. The predicted molar refractivity (Wildman–Crippen MR) is 106 cm³/mol. The highest BCUT2D eigenvalue weighted by Crippen LogP contribution is 2.25. The molecular weight excluding hydrogens is 402 g/mol. The Labute approximate surface area is 165 Å². The standard InChI is InChI=1S/C17H15N5O4S2/c1-21(28(25,26)17-3-2-8-27-17)7-6-19-16-9-12(11-18)14-10-13(22(23)24)4-5-15(14)20-16/h2-5,8-10H,6-7H2,1H3,(H,19,20). The van der Waals surface area contributed by atoms with E-state index < -0.39 is 14.9 Å². The van der Waals surface area contributed by atoms with Crippen molar-refractivity contribution in [1.82, 2.24) is 9.29 Å². The van der Waals surface area contributed by atoms with Gasteiger partial charge in [-0.2, -0.15) is 9.57 Å². The fraction of sp³-hybridized carbons (Fsp3) is 0.176. The molecule has 2 heterocycles. The quantitative estimate of drug-likeness (QED) is 0.462. The number of anilines is 1. The van der Waals surface area contributed by atoms with Crippen LogP contribution >= 0.6 is 11.3 Å². The number of nitro groups is 1. The summed E-state index contributed by atoms with van der Waals surface area (Å²) >= 11 is 1.15. The van der Waals surface area contributed by atoms with Gasteiger partial charge >= 0.3 is 0 Å². The Morgan fingerprint density at radius 1 is 1.36 bits per heavy atom. The molecule has 0 aliphatic heterocycles. The van der Waals surface area contributed by atoms with Gasteiger partial charge in [0.1, 0.15) is 10.0 Å². The van der Waals surface area contributed by atoms with Crippen LogP contribution in [-0.4, -0.2) is 42.8 Å². The number of aromatic nitrogens is 1. The summed E-state index contributed by atoms with van der Waals surface area (Å²) in [4.78, 5) is 14.7. The van der Waals surface area contributed by atoms with E-state index in [4.69, 9.17) is 0 Å². The van der Waals surface area contributed by atoms with E-state index >= 15 is 0 Å². The molecule has 0 aliphatic carbocycles. The van der Waals surface area contributed by atoms with Gasteiger partial charge in [-0.15, -0.1) is 11.3 Å². The number of thiophene rings is 1. The van der Waals surface area contributed by atoms with Crippen LogP contribution in [0.1, 0.15) is 5.56 Å². The lowest BCUT2D eigenvalue weighted by atomic mass is 10.1. The molecule has 0 spiro atoms. The summed E-state index contributed by atoms with van der Waals surface area (Å²) in [7, 11) is -2.04. The summed E-state index contributed by atoms with van der Waals surface area (Å²) in [6.07, 6.45) is 0. The molecule has 0 aliphatic rings. The number of benzene rings is 1. The van der Waals surface area contributed by atoms with Gasteiger partial charge in [0.2, 0.25) is 0 Å². The Morgan fingerprint density at radius 2 is 2.14 bits per heavy atom. The molecule has 0 saturated heterocycles. The normalized spacial score (nSPS) is 11.5. The maximum absolute atomic E-state index is 12.4. The lowest BCUT2D eigenvalue weighted by Gasteiger charge is -2.16.